The van der Waals surface area contributed by atoms with Gasteiger partial charge in [0.1, 0.15) is 6.29 Å². The maximum absolute atomic E-state index is 10.1. The number of hydrogen-bond donors (Lipinski definition) is 0. The van der Waals surface area contributed by atoms with Gasteiger partial charge in [-0.25, -0.2) is 0 Å². The predicted molar refractivity (Wildman–Crippen MR) is 34.4 cm³/mol. The minimum Gasteiger partial charge on any atom is -0.303 e. The molecule has 0 aliphatic rings. The fourth-order valence-electron chi connectivity index (χ4n) is 0.631. The molecule has 0 aromatic heterocycles. The lowest BCUT2D eigenvalue weighted by Gasteiger charge is -2.01. The second-order valence-electron chi connectivity index (χ2n) is 1.95. The molecule has 0 saturated heterocycles. The molecule has 0 bridgehead atoms. The van der Waals surface area contributed by atoms with Crippen LogP contribution in [0.15, 0.2) is 0 Å². The van der Waals surface area contributed by atoms with Gasteiger partial charge in [0.2, 0.25) is 0 Å². The highest BCUT2D eigenvalue weighted by atomic mass is 16.1. The first kappa shape index (κ1) is 7.67. The fraction of sp³-hybridized carbons (Fsp3) is 0.714. The number of rotatable bonds is 4. The molecule has 0 N–H and O–H groups in total. The Morgan fingerprint density at radius 3 is 2.50 bits per heavy atom. The highest BCUT2D eigenvalue weighted by Gasteiger charge is 1.99. The van der Waals surface area contributed by atoms with Gasteiger partial charge in [-0.15, -0.1) is 0 Å². The van der Waals surface area contributed by atoms with Crippen molar-refractivity contribution in [1.29, 1.82) is 0 Å². The van der Waals surface area contributed by atoms with Crippen molar-refractivity contribution < 1.29 is 4.79 Å². The minimum absolute atomic E-state index is 0.257. The molecular formula is C7H13O. The molecule has 47 valence electrons. The number of carbonyl (C=O) groups is 1. The lowest BCUT2D eigenvalue weighted by molar-refractivity contribution is -0.111. The smallest absolute Gasteiger partial charge is 0.123 e. The summed E-state index contributed by atoms with van der Waals surface area (Å²) in [4.78, 5) is 10.1. The van der Waals surface area contributed by atoms with E-state index >= 15 is 0 Å². The van der Waals surface area contributed by atoms with Crippen LogP contribution in [-0.4, -0.2) is 6.29 Å². The lowest BCUT2D eigenvalue weighted by atomic mass is 10.0. The summed E-state index contributed by atoms with van der Waals surface area (Å²) in [6, 6.07) is 0. The Morgan fingerprint density at radius 2 is 2.38 bits per heavy atom. The zero-order valence-corrected chi connectivity index (χ0v) is 5.39. The standard InChI is InChI=1S/C7H13O/c1-3-5-7(4-2)6-8/h6-7H,1,3-5H2,2H3. The first-order chi connectivity index (χ1) is 3.85. The lowest BCUT2D eigenvalue weighted by Crippen LogP contribution is -1.97. The molecule has 8 heavy (non-hydrogen) atoms. The van der Waals surface area contributed by atoms with Crippen molar-refractivity contribution in [2.45, 2.75) is 26.2 Å². The normalized spacial score (nSPS) is 13.2. The van der Waals surface area contributed by atoms with Crippen LogP contribution in [0, 0.1) is 12.8 Å². The van der Waals surface area contributed by atoms with Crippen LogP contribution in [0.3, 0.4) is 0 Å². The molecule has 1 unspecified atom stereocenters. The predicted octanol–water partition coefficient (Wildman–Crippen LogP) is 1.83. The Kier molecular flexibility index (Phi) is 4.62. The first-order valence-electron chi connectivity index (χ1n) is 3.09. The molecule has 1 nitrogen and oxygen atoms in total. The van der Waals surface area contributed by atoms with Gasteiger partial charge in [0.15, 0.2) is 0 Å². The molecule has 0 aromatic rings. The largest absolute Gasteiger partial charge is 0.303 e. The summed E-state index contributed by atoms with van der Waals surface area (Å²) in [6.07, 6.45) is 3.79. The molecule has 0 saturated carbocycles. The Balaban J connectivity index is 3.21. The molecule has 1 heteroatoms. The van der Waals surface area contributed by atoms with Crippen LogP contribution >= 0.6 is 0 Å². The summed E-state index contributed by atoms with van der Waals surface area (Å²) in [5.41, 5.74) is 0. The van der Waals surface area contributed by atoms with E-state index in [9.17, 15) is 4.79 Å². The van der Waals surface area contributed by atoms with E-state index in [0.29, 0.717) is 0 Å². The van der Waals surface area contributed by atoms with E-state index in [1.54, 1.807) is 0 Å². The maximum atomic E-state index is 10.1. The zero-order valence-electron chi connectivity index (χ0n) is 5.39. The van der Waals surface area contributed by atoms with Crippen LogP contribution in [0.2, 0.25) is 0 Å². The number of hydrogen-bond acceptors (Lipinski definition) is 1. The molecule has 1 radical (unpaired) electrons. The molecular weight excluding hydrogens is 100 g/mol. The van der Waals surface area contributed by atoms with Crippen molar-refractivity contribution in [3.8, 4) is 0 Å². The van der Waals surface area contributed by atoms with Gasteiger partial charge in [-0.05, 0) is 12.8 Å². The Hall–Kier alpha value is -0.330. The van der Waals surface area contributed by atoms with E-state index in [4.69, 9.17) is 0 Å². The Labute approximate surface area is 51.1 Å². The topological polar surface area (TPSA) is 17.1 Å². The third-order valence-corrected chi connectivity index (χ3v) is 1.29. The van der Waals surface area contributed by atoms with Gasteiger partial charge in [-0.2, -0.15) is 0 Å². The Bertz CT molecular complexity index is 59.4. The molecule has 1 atom stereocenters. The van der Waals surface area contributed by atoms with Gasteiger partial charge in [-0.3, -0.25) is 0 Å². The van der Waals surface area contributed by atoms with Crippen molar-refractivity contribution in [1.82, 2.24) is 0 Å². The van der Waals surface area contributed by atoms with E-state index in [0.717, 1.165) is 25.5 Å². The van der Waals surface area contributed by atoms with Crippen LogP contribution < -0.4 is 0 Å². The second-order valence-corrected chi connectivity index (χ2v) is 1.95. The van der Waals surface area contributed by atoms with Crippen molar-refractivity contribution in [3.05, 3.63) is 6.92 Å². The van der Waals surface area contributed by atoms with E-state index in [1.807, 2.05) is 6.92 Å². The third-order valence-electron chi connectivity index (χ3n) is 1.29. The van der Waals surface area contributed by atoms with Crippen LogP contribution in [0.1, 0.15) is 26.2 Å². The first-order valence-corrected chi connectivity index (χ1v) is 3.09. The molecule has 0 amide bonds. The molecule has 0 spiro atoms. The van der Waals surface area contributed by atoms with E-state index < -0.39 is 0 Å². The maximum Gasteiger partial charge on any atom is 0.123 e. The highest BCUT2D eigenvalue weighted by molar-refractivity contribution is 5.53. The van der Waals surface area contributed by atoms with Gasteiger partial charge in [-0.1, -0.05) is 20.3 Å². The van der Waals surface area contributed by atoms with Crippen LogP contribution in [0.25, 0.3) is 0 Å². The molecule has 0 rings (SSSR count). The Morgan fingerprint density at radius 1 is 1.75 bits per heavy atom. The van der Waals surface area contributed by atoms with E-state index in [1.165, 1.54) is 0 Å². The van der Waals surface area contributed by atoms with E-state index in [-0.39, 0.29) is 5.92 Å². The number of carbonyl (C=O) groups excluding carboxylic acids is 1. The second kappa shape index (κ2) is 4.82. The molecule has 0 aliphatic carbocycles. The third kappa shape index (κ3) is 2.78. The molecule has 0 heterocycles. The summed E-state index contributed by atoms with van der Waals surface area (Å²) < 4.78 is 0. The van der Waals surface area contributed by atoms with Gasteiger partial charge >= 0.3 is 0 Å². The van der Waals surface area contributed by atoms with Crippen LogP contribution in [0.5, 0.6) is 0 Å². The summed E-state index contributed by atoms with van der Waals surface area (Å²) >= 11 is 0. The highest BCUT2D eigenvalue weighted by Crippen LogP contribution is 2.05. The summed E-state index contributed by atoms with van der Waals surface area (Å²) in [7, 11) is 0. The molecule has 0 aliphatic heterocycles. The van der Waals surface area contributed by atoms with Crippen molar-refractivity contribution in [2.75, 3.05) is 0 Å². The van der Waals surface area contributed by atoms with Crippen LogP contribution in [0.4, 0.5) is 0 Å². The average molecular weight is 113 g/mol. The van der Waals surface area contributed by atoms with Crippen molar-refractivity contribution in [3.63, 3.8) is 0 Å². The number of aldehydes is 1. The van der Waals surface area contributed by atoms with Crippen molar-refractivity contribution >= 4 is 6.29 Å². The zero-order chi connectivity index (χ0) is 6.41. The summed E-state index contributed by atoms with van der Waals surface area (Å²) in [5, 5.41) is 0. The van der Waals surface area contributed by atoms with Gasteiger partial charge < -0.3 is 4.79 Å². The fourth-order valence-corrected chi connectivity index (χ4v) is 0.631. The summed E-state index contributed by atoms with van der Waals surface area (Å²) in [6.45, 7) is 5.69. The average Bonchev–Trinajstić information content (AvgIpc) is 1.83. The van der Waals surface area contributed by atoms with Gasteiger partial charge in [0.05, 0.1) is 0 Å². The van der Waals surface area contributed by atoms with Gasteiger partial charge in [0.25, 0.3) is 0 Å². The molecule has 0 aromatic carbocycles. The monoisotopic (exact) mass is 113 g/mol. The quantitative estimate of drug-likeness (QED) is 0.508. The van der Waals surface area contributed by atoms with E-state index in [2.05, 4.69) is 6.92 Å². The minimum atomic E-state index is 0.257. The SMILES string of the molecule is [CH2]CCC(C=O)CC. The van der Waals surface area contributed by atoms with Crippen LogP contribution in [-0.2, 0) is 4.79 Å². The van der Waals surface area contributed by atoms with Crippen molar-refractivity contribution in [2.24, 2.45) is 5.92 Å². The van der Waals surface area contributed by atoms with Gasteiger partial charge in [0, 0.05) is 5.92 Å². The molecule has 0 fully saturated rings. The summed E-state index contributed by atoms with van der Waals surface area (Å²) in [5.74, 6) is 0.257.